The van der Waals surface area contributed by atoms with E-state index in [1.54, 1.807) is 0 Å². The zero-order chi connectivity index (χ0) is 18.3. The van der Waals surface area contributed by atoms with Gasteiger partial charge in [-0.2, -0.15) is 0 Å². The van der Waals surface area contributed by atoms with E-state index in [1.165, 1.54) is 64.2 Å². The highest BCUT2D eigenvalue weighted by Gasteiger charge is 2.37. The molecular weight excluding hydrogens is 312 g/mol. The van der Waals surface area contributed by atoms with Crippen LogP contribution in [0.5, 0.6) is 0 Å². The van der Waals surface area contributed by atoms with Crippen molar-refractivity contribution in [2.75, 3.05) is 0 Å². The number of rotatable bonds is 15. The Morgan fingerprint density at radius 2 is 1.52 bits per heavy atom. The molecule has 3 heteroatoms. The number of unbranched alkanes of at least 4 members (excludes halogenated alkanes) is 10. The maximum absolute atomic E-state index is 11.9. The number of hydrogen-bond acceptors (Lipinski definition) is 3. The average molecular weight is 351 g/mol. The van der Waals surface area contributed by atoms with Gasteiger partial charge < -0.3 is 4.74 Å². The summed E-state index contributed by atoms with van der Waals surface area (Å²) in [5.41, 5.74) is 0. The minimum absolute atomic E-state index is 0.167. The third-order valence-corrected chi connectivity index (χ3v) is 5.17. The first-order valence-electron chi connectivity index (χ1n) is 10.6. The fourth-order valence-electron chi connectivity index (χ4n) is 3.55. The zero-order valence-corrected chi connectivity index (χ0v) is 16.4. The van der Waals surface area contributed by atoms with Gasteiger partial charge in [0.2, 0.25) is 0 Å². The Balaban J connectivity index is 2.37. The van der Waals surface area contributed by atoms with E-state index >= 15 is 0 Å². The van der Waals surface area contributed by atoms with E-state index in [-0.39, 0.29) is 30.2 Å². The lowest BCUT2D eigenvalue weighted by Crippen LogP contribution is -2.18. The molecule has 0 saturated carbocycles. The predicted octanol–water partition coefficient (Wildman–Crippen LogP) is 6.36. The van der Waals surface area contributed by atoms with Crippen LogP contribution in [0.25, 0.3) is 0 Å². The van der Waals surface area contributed by atoms with Crippen molar-refractivity contribution >= 4 is 11.9 Å². The van der Waals surface area contributed by atoms with Gasteiger partial charge in [0, 0.05) is 0 Å². The molecule has 0 radical (unpaired) electrons. The van der Waals surface area contributed by atoms with Crippen molar-refractivity contribution < 1.29 is 14.3 Å². The molecule has 0 aromatic heterocycles. The molecule has 0 amide bonds. The highest BCUT2D eigenvalue weighted by molar-refractivity contribution is 5.94. The van der Waals surface area contributed by atoms with Gasteiger partial charge in [-0.25, -0.2) is 0 Å². The van der Waals surface area contributed by atoms with Crippen LogP contribution in [0.2, 0.25) is 0 Å². The molecule has 1 aliphatic rings. The molecule has 1 saturated heterocycles. The van der Waals surface area contributed by atoms with E-state index in [1.807, 2.05) is 0 Å². The molecule has 1 rings (SSSR count). The fraction of sp³-hybridized carbons (Fsp3) is 0.818. The minimum atomic E-state index is -0.351. The number of carbonyl (C=O) groups excluding carboxylic acids is 2. The molecule has 2 atom stereocenters. The van der Waals surface area contributed by atoms with Gasteiger partial charge in [0.15, 0.2) is 0 Å². The van der Waals surface area contributed by atoms with Crippen LogP contribution in [-0.2, 0) is 14.3 Å². The smallest absolute Gasteiger partial charge is 0.317 e. The molecule has 0 aromatic carbocycles. The van der Waals surface area contributed by atoms with Crippen LogP contribution in [0.1, 0.15) is 104 Å². The van der Waals surface area contributed by atoms with E-state index in [9.17, 15) is 9.59 Å². The predicted molar refractivity (Wildman–Crippen MR) is 103 cm³/mol. The van der Waals surface area contributed by atoms with Crippen LogP contribution < -0.4 is 0 Å². The maximum atomic E-state index is 11.9. The Morgan fingerprint density at radius 1 is 0.920 bits per heavy atom. The van der Waals surface area contributed by atoms with Gasteiger partial charge in [0.25, 0.3) is 0 Å². The summed E-state index contributed by atoms with van der Waals surface area (Å²) in [6.45, 7) is 4.46. The van der Waals surface area contributed by atoms with Crippen LogP contribution >= 0.6 is 0 Å². The molecule has 25 heavy (non-hydrogen) atoms. The molecule has 1 aliphatic heterocycles. The topological polar surface area (TPSA) is 43.4 Å². The second-order valence-electron chi connectivity index (χ2n) is 7.46. The van der Waals surface area contributed by atoms with Crippen molar-refractivity contribution in [3.63, 3.8) is 0 Å². The summed E-state index contributed by atoms with van der Waals surface area (Å²) in [4.78, 5) is 23.4. The lowest BCUT2D eigenvalue weighted by Gasteiger charge is -2.16. The number of carbonyl (C=O) groups is 2. The summed E-state index contributed by atoms with van der Waals surface area (Å²) in [5.74, 6) is -0.746. The van der Waals surface area contributed by atoms with Gasteiger partial charge in [-0.15, -0.1) is 0 Å². The van der Waals surface area contributed by atoms with Crippen LogP contribution in [0.15, 0.2) is 12.2 Å². The van der Waals surface area contributed by atoms with Crippen LogP contribution in [0.4, 0.5) is 0 Å². The first-order chi connectivity index (χ1) is 12.2. The standard InChI is InChI=1S/C22H38O3/c1-3-5-7-9-11-13-15-17-19(16-14-12-10-8-6-4-2)20-18-21(23)25-22(20)24/h15,17,19-20H,3-14,16,18H2,1-2H3/b17-15+. The van der Waals surface area contributed by atoms with Crippen molar-refractivity contribution in [3.8, 4) is 0 Å². The third kappa shape index (κ3) is 9.81. The molecule has 0 aliphatic carbocycles. The van der Waals surface area contributed by atoms with E-state index in [0.29, 0.717) is 0 Å². The Hall–Kier alpha value is -1.12. The fourth-order valence-corrected chi connectivity index (χ4v) is 3.55. The van der Waals surface area contributed by atoms with Gasteiger partial charge in [0.05, 0.1) is 12.3 Å². The van der Waals surface area contributed by atoms with Crippen LogP contribution in [0.3, 0.4) is 0 Å². The molecular formula is C22H38O3. The normalized spacial score (nSPS) is 18.9. The summed E-state index contributed by atoms with van der Waals surface area (Å²) in [5, 5.41) is 0. The molecule has 0 N–H and O–H groups in total. The Labute approximate surface area is 154 Å². The Morgan fingerprint density at radius 3 is 2.12 bits per heavy atom. The highest BCUT2D eigenvalue weighted by atomic mass is 16.6. The minimum Gasteiger partial charge on any atom is -0.393 e. The molecule has 0 aromatic rings. The molecule has 0 spiro atoms. The van der Waals surface area contributed by atoms with Crippen molar-refractivity contribution in [1.29, 1.82) is 0 Å². The van der Waals surface area contributed by atoms with Gasteiger partial charge in [-0.1, -0.05) is 90.2 Å². The summed E-state index contributed by atoms with van der Waals surface area (Å²) in [7, 11) is 0. The number of ether oxygens (including phenoxy) is 1. The van der Waals surface area contributed by atoms with Gasteiger partial charge in [0.1, 0.15) is 0 Å². The second kappa shape index (κ2) is 14.1. The number of allylic oxidation sites excluding steroid dienone is 2. The van der Waals surface area contributed by atoms with E-state index in [2.05, 4.69) is 26.0 Å². The van der Waals surface area contributed by atoms with Crippen molar-refractivity contribution in [3.05, 3.63) is 12.2 Å². The number of hydrogen-bond donors (Lipinski definition) is 0. The van der Waals surface area contributed by atoms with Crippen LogP contribution in [0, 0.1) is 11.8 Å². The summed E-state index contributed by atoms with van der Waals surface area (Å²) < 4.78 is 4.77. The first-order valence-corrected chi connectivity index (χ1v) is 10.6. The second-order valence-corrected chi connectivity index (χ2v) is 7.46. The SMILES string of the molecule is CCCCCCC/C=C/C(CCCCCCCC)C1CC(=O)OC1=O. The molecule has 1 heterocycles. The number of esters is 2. The highest BCUT2D eigenvalue weighted by Crippen LogP contribution is 2.30. The zero-order valence-electron chi connectivity index (χ0n) is 16.4. The van der Waals surface area contributed by atoms with Crippen molar-refractivity contribution in [1.82, 2.24) is 0 Å². The summed E-state index contributed by atoms with van der Waals surface area (Å²) in [6, 6.07) is 0. The molecule has 1 fully saturated rings. The third-order valence-electron chi connectivity index (χ3n) is 5.17. The van der Waals surface area contributed by atoms with Gasteiger partial charge in [-0.05, 0) is 25.2 Å². The van der Waals surface area contributed by atoms with Crippen molar-refractivity contribution in [2.24, 2.45) is 11.8 Å². The largest absolute Gasteiger partial charge is 0.393 e. The lowest BCUT2D eigenvalue weighted by molar-refractivity contribution is -0.153. The molecule has 2 unspecified atom stereocenters. The number of cyclic esters (lactones) is 2. The van der Waals surface area contributed by atoms with Crippen molar-refractivity contribution in [2.45, 2.75) is 104 Å². The maximum Gasteiger partial charge on any atom is 0.317 e. The van der Waals surface area contributed by atoms with E-state index < -0.39 is 0 Å². The van der Waals surface area contributed by atoms with E-state index in [0.717, 1.165) is 19.3 Å². The molecule has 0 bridgehead atoms. The van der Waals surface area contributed by atoms with Gasteiger partial charge >= 0.3 is 11.9 Å². The quantitative estimate of drug-likeness (QED) is 0.149. The van der Waals surface area contributed by atoms with Crippen LogP contribution in [-0.4, -0.2) is 11.9 Å². The lowest BCUT2D eigenvalue weighted by atomic mass is 9.86. The molecule has 144 valence electrons. The Kier molecular flexibility index (Phi) is 12.4. The van der Waals surface area contributed by atoms with E-state index in [4.69, 9.17) is 4.74 Å². The Bertz CT molecular complexity index is 400. The first kappa shape index (κ1) is 21.9. The monoisotopic (exact) mass is 350 g/mol. The molecule has 3 nitrogen and oxygen atoms in total. The van der Waals surface area contributed by atoms with Gasteiger partial charge in [-0.3, -0.25) is 9.59 Å². The summed E-state index contributed by atoms with van der Waals surface area (Å²) in [6.07, 6.45) is 20.7. The summed E-state index contributed by atoms with van der Waals surface area (Å²) >= 11 is 0. The average Bonchev–Trinajstić information content (AvgIpc) is 2.93.